The SMILES string of the molecule is O=C(NC[C@H](O)c1ccoc1)c1cc(=O)c2ccccc2o1. The van der Waals surface area contributed by atoms with Crippen molar-refractivity contribution in [3.63, 3.8) is 0 Å². The third-order valence-electron chi connectivity index (χ3n) is 3.24. The van der Waals surface area contributed by atoms with Crippen LogP contribution in [0.2, 0.25) is 0 Å². The van der Waals surface area contributed by atoms with Crippen LogP contribution < -0.4 is 10.7 Å². The molecule has 1 aromatic carbocycles. The second-order valence-corrected chi connectivity index (χ2v) is 4.75. The van der Waals surface area contributed by atoms with Gasteiger partial charge in [0, 0.05) is 18.2 Å². The van der Waals surface area contributed by atoms with Crippen molar-refractivity contribution in [3.05, 3.63) is 70.5 Å². The zero-order valence-electron chi connectivity index (χ0n) is 11.5. The van der Waals surface area contributed by atoms with Crippen molar-refractivity contribution in [2.45, 2.75) is 6.10 Å². The zero-order chi connectivity index (χ0) is 15.5. The molecule has 0 spiro atoms. The highest BCUT2D eigenvalue weighted by Gasteiger charge is 2.15. The fourth-order valence-corrected chi connectivity index (χ4v) is 2.07. The average molecular weight is 299 g/mol. The Morgan fingerprint density at radius 2 is 2.09 bits per heavy atom. The Labute approximate surface area is 125 Å². The smallest absolute Gasteiger partial charge is 0.287 e. The number of aliphatic hydroxyl groups is 1. The Morgan fingerprint density at radius 1 is 1.27 bits per heavy atom. The number of benzene rings is 1. The van der Waals surface area contributed by atoms with E-state index in [1.807, 2.05) is 0 Å². The molecule has 3 aromatic rings. The van der Waals surface area contributed by atoms with E-state index in [4.69, 9.17) is 8.83 Å². The third kappa shape index (κ3) is 2.77. The van der Waals surface area contributed by atoms with E-state index >= 15 is 0 Å². The summed E-state index contributed by atoms with van der Waals surface area (Å²) in [6.07, 6.45) is 1.94. The summed E-state index contributed by atoms with van der Waals surface area (Å²) >= 11 is 0. The quantitative estimate of drug-likeness (QED) is 0.767. The lowest BCUT2D eigenvalue weighted by atomic mass is 10.2. The van der Waals surface area contributed by atoms with Crippen LogP contribution in [0.15, 0.2) is 62.6 Å². The number of carbonyl (C=O) groups is 1. The van der Waals surface area contributed by atoms with Gasteiger partial charge in [-0.3, -0.25) is 9.59 Å². The number of hydrogen-bond donors (Lipinski definition) is 2. The zero-order valence-corrected chi connectivity index (χ0v) is 11.5. The van der Waals surface area contributed by atoms with Crippen LogP contribution in [0.3, 0.4) is 0 Å². The van der Waals surface area contributed by atoms with Gasteiger partial charge in [0.05, 0.1) is 24.0 Å². The molecule has 2 aromatic heterocycles. The largest absolute Gasteiger partial charge is 0.472 e. The van der Waals surface area contributed by atoms with Crippen molar-refractivity contribution in [3.8, 4) is 0 Å². The maximum Gasteiger partial charge on any atom is 0.287 e. The lowest BCUT2D eigenvalue weighted by Gasteiger charge is -2.09. The summed E-state index contributed by atoms with van der Waals surface area (Å²) in [7, 11) is 0. The normalized spacial score (nSPS) is 12.2. The summed E-state index contributed by atoms with van der Waals surface area (Å²) in [5.74, 6) is -0.659. The Bertz CT molecular complexity index is 850. The minimum absolute atomic E-state index is 0.0189. The molecule has 6 nitrogen and oxygen atoms in total. The first-order valence-corrected chi connectivity index (χ1v) is 6.66. The second-order valence-electron chi connectivity index (χ2n) is 4.75. The van der Waals surface area contributed by atoms with E-state index in [2.05, 4.69) is 5.32 Å². The Hall–Kier alpha value is -2.86. The summed E-state index contributed by atoms with van der Waals surface area (Å²) < 4.78 is 10.3. The predicted molar refractivity (Wildman–Crippen MR) is 78.5 cm³/mol. The fourth-order valence-electron chi connectivity index (χ4n) is 2.07. The Morgan fingerprint density at radius 3 is 2.86 bits per heavy atom. The summed E-state index contributed by atoms with van der Waals surface area (Å²) in [4.78, 5) is 24.0. The molecule has 0 aliphatic heterocycles. The number of para-hydroxylation sites is 1. The molecule has 0 unspecified atom stereocenters. The molecule has 0 radical (unpaired) electrons. The third-order valence-corrected chi connectivity index (χ3v) is 3.24. The van der Waals surface area contributed by atoms with Gasteiger partial charge in [0.1, 0.15) is 5.58 Å². The van der Waals surface area contributed by atoms with Crippen molar-refractivity contribution < 1.29 is 18.7 Å². The molecule has 0 aliphatic carbocycles. The van der Waals surface area contributed by atoms with E-state index in [9.17, 15) is 14.7 Å². The van der Waals surface area contributed by atoms with Gasteiger partial charge in [0.2, 0.25) is 0 Å². The van der Waals surface area contributed by atoms with Crippen LogP contribution in [0.4, 0.5) is 0 Å². The molecule has 6 heteroatoms. The molecule has 0 saturated heterocycles. The minimum Gasteiger partial charge on any atom is -0.472 e. The Kier molecular flexibility index (Phi) is 3.76. The first-order valence-electron chi connectivity index (χ1n) is 6.66. The number of amides is 1. The molecule has 1 atom stereocenters. The molecule has 2 N–H and O–H groups in total. The van der Waals surface area contributed by atoms with E-state index in [1.165, 1.54) is 12.5 Å². The highest BCUT2D eigenvalue weighted by atomic mass is 16.3. The summed E-state index contributed by atoms with van der Waals surface area (Å²) in [5.41, 5.74) is 0.609. The summed E-state index contributed by atoms with van der Waals surface area (Å²) in [6.45, 7) is -0.0189. The van der Waals surface area contributed by atoms with Gasteiger partial charge < -0.3 is 19.3 Å². The number of nitrogens with one attached hydrogen (secondary N) is 1. The van der Waals surface area contributed by atoms with Crippen molar-refractivity contribution in [1.29, 1.82) is 0 Å². The molecule has 0 fully saturated rings. The van der Waals surface area contributed by atoms with E-state index in [-0.39, 0.29) is 17.7 Å². The standard InChI is InChI=1S/C16H13NO5/c18-12-7-15(22-14-4-2-1-3-11(12)14)16(20)17-8-13(19)10-5-6-21-9-10/h1-7,9,13,19H,8H2,(H,17,20)/t13-/m0/s1. The van der Waals surface area contributed by atoms with Gasteiger partial charge in [-0.1, -0.05) is 12.1 Å². The maximum atomic E-state index is 12.0. The van der Waals surface area contributed by atoms with Gasteiger partial charge in [-0.15, -0.1) is 0 Å². The van der Waals surface area contributed by atoms with Gasteiger partial charge in [-0.05, 0) is 18.2 Å². The molecule has 2 heterocycles. The van der Waals surface area contributed by atoms with E-state index in [0.717, 1.165) is 6.07 Å². The van der Waals surface area contributed by atoms with Crippen molar-refractivity contribution in [2.24, 2.45) is 0 Å². The van der Waals surface area contributed by atoms with E-state index in [1.54, 1.807) is 30.3 Å². The van der Waals surface area contributed by atoms with Crippen LogP contribution in [-0.2, 0) is 0 Å². The molecular weight excluding hydrogens is 286 g/mol. The number of rotatable bonds is 4. The first-order chi connectivity index (χ1) is 10.6. The lowest BCUT2D eigenvalue weighted by Crippen LogP contribution is -2.28. The molecule has 0 aliphatic rings. The second kappa shape index (κ2) is 5.87. The van der Waals surface area contributed by atoms with Crippen LogP contribution in [0.25, 0.3) is 11.0 Å². The molecule has 22 heavy (non-hydrogen) atoms. The van der Waals surface area contributed by atoms with Gasteiger partial charge in [0.15, 0.2) is 11.2 Å². The summed E-state index contributed by atoms with van der Waals surface area (Å²) in [6, 6.07) is 9.43. The molecule has 3 rings (SSSR count). The number of aliphatic hydroxyl groups excluding tert-OH is 1. The van der Waals surface area contributed by atoms with Crippen LogP contribution in [-0.4, -0.2) is 17.6 Å². The van der Waals surface area contributed by atoms with Crippen molar-refractivity contribution in [2.75, 3.05) is 6.54 Å². The average Bonchev–Trinajstić information content (AvgIpc) is 3.06. The molecule has 1 amide bonds. The van der Waals surface area contributed by atoms with Crippen LogP contribution in [0, 0.1) is 0 Å². The highest BCUT2D eigenvalue weighted by molar-refractivity contribution is 5.93. The fraction of sp³-hybridized carbons (Fsp3) is 0.125. The van der Waals surface area contributed by atoms with Crippen molar-refractivity contribution >= 4 is 16.9 Å². The van der Waals surface area contributed by atoms with Crippen molar-refractivity contribution in [1.82, 2.24) is 5.32 Å². The molecule has 0 saturated carbocycles. The number of furan rings is 1. The van der Waals surface area contributed by atoms with Gasteiger partial charge in [-0.25, -0.2) is 0 Å². The summed E-state index contributed by atoms with van der Waals surface area (Å²) in [5, 5.41) is 12.8. The van der Waals surface area contributed by atoms with Crippen LogP contribution >= 0.6 is 0 Å². The minimum atomic E-state index is -0.894. The molecule has 0 bridgehead atoms. The molecule has 112 valence electrons. The van der Waals surface area contributed by atoms with Gasteiger partial charge in [-0.2, -0.15) is 0 Å². The monoisotopic (exact) mass is 299 g/mol. The molecular formula is C16H13NO5. The number of carbonyl (C=O) groups excluding carboxylic acids is 1. The number of fused-ring (bicyclic) bond motifs is 1. The lowest BCUT2D eigenvalue weighted by molar-refractivity contribution is 0.0889. The highest BCUT2D eigenvalue weighted by Crippen LogP contribution is 2.13. The van der Waals surface area contributed by atoms with Crippen LogP contribution in [0.5, 0.6) is 0 Å². The Balaban J connectivity index is 1.76. The van der Waals surface area contributed by atoms with Gasteiger partial charge >= 0.3 is 0 Å². The number of hydrogen-bond acceptors (Lipinski definition) is 5. The van der Waals surface area contributed by atoms with Gasteiger partial charge in [0.25, 0.3) is 5.91 Å². The van der Waals surface area contributed by atoms with Crippen LogP contribution in [0.1, 0.15) is 22.2 Å². The maximum absolute atomic E-state index is 12.0. The topological polar surface area (TPSA) is 92.7 Å². The van der Waals surface area contributed by atoms with E-state index in [0.29, 0.717) is 16.5 Å². The van der Waals surface area contributed by atoms with E-state index < -0.39 is 12.0 Å². The predicted octanol–water partition coefficient (Wildman–Crippen LogP) is 1.85. The first kappa shape index (κ1) is 14.1.